The quantitative estimate of drug-likeness (QED) is 0.938. The van der Waals surface area contributed by atoms with Crippen LogP contribution in [0.25, 0.3) is 0 Å². The summed E-state index contributed by atoms with van der Waals surface area (Å²) in [6, 6.07) is 6.66. The maximum Gasteiger partial charge on any atom is 0.132 e. The third kappa shape index (κ3) is 2.46. The number of hydrogen-bond donors (Lipinski definition) is 1. The smallest absolute Gasteiger partial charge is 0.132 e. The zero-order valence-corrected chi connectivity index (χ0v) is 12.8. The Morgan fingerprint density at radius 1 is 1.18 bits per heavy atom. The molecule has 0 bridgehead atoms. The zero-order valence-electron chi connectivity index (χ0n) is 12.8. The second-order valence-corrected chi connectivity index (χ2v) is 6.51. The number of nitrogens with two attached hydrogens (primary N) is 1. The number of rotatable bonds is 3. The van der Waals surface area contributed by atoms with E-state index in [-0.39, 0.29) is 0 Å². The van der Waals surface area contributed by atoms with Gasteiger partial charge < -0.3 is 10.6 Å². The van der Waals surface area contributed by atoms with Crippen LogP contribution >= 0.6 is 0 Å². The van der Waals surface area contributed by atoms with Crippen LogP contribution in [-0.4, -0.2) is 34.1 Å². The van der Waals surface area contributed by atoms with Crippen LogP contribution < -0.4 is 10.6 Å². The number of aryl methyl sites for hydroxylation is 1. The Kier molecular flexibility index (Phi) is 3.30. The molecule has 0 atom stereocenters. The van der Waals surface area contributed by atoms with Crippen LogP contribution in [0.15, 0.2) is 30.6 Å². The lowest BCUT2D eigenvalue weighted by Crippen LogP contribution is -2.45. The molecule has 0 aromatic carbocycles. The average Bonchev–Trinajstić information content (AvgIpc) is 2.43. The average molecular weight is 295 g/mol. The summed E-state index contributed by atoms with van der Waals surface area (Å²) in [4.78, 5) is 15.8. The van der Waals surface area contributed by atoms with E-state index in [1.165, 1.54) is 5.56 Å². The first-order valence-corrected chi connectivity index (χ1v) is 7.95. The van der Waals surface area contributed by atoms with E-state index in [1.807, 2.05) is 25.4 Å². The molecular formula is C17H21N5. The van der Waals surface area contributed by atoms with Crippen LogP contribution in [-0.2, 0) is 0 Å². The summed E-state index contributed by atoms with van der Waals surface area (Å²) in [5.74, 6) is 3.00. The van der Waals surface area contributed by atoms with Crippen LogP contribution in [0, 0.1) is 6.92 Å². The van der Waals surface area contributed by atoms with Crippen molar-refractivity contribution >= 4 is 5.82 Å². The number of hydrogen-bond acceptors (Lipinski definition) is 5. The molecule has 114 valence electrons. The second kappa shape index (κ2) is 5.32. The third-order valence-corrected chi connectivity index (χ3v) is 4.80. The molecule has 0 unspecified atom stereocenters. The highest BCUT2D eigenvalue weighted by Gasteiger charge is 2.32. The van der Waals surface area contributed by atoms with Gasteiger partial charge in [-0.2, -0.15) is 0 Å². The molecule has 2 aromatic rings. The van der Waals surface area contributed by atoms with E-state index < -0.39 is 0 Å². The van der Waals surface area contributed by atoms with Crippen LogP contribution in [0.2, 0.25) is 0 Å². The van der Waals surface area contributed by atoms with Gasteiger partial charge in [-0.1, -0.05) is 6.07 Å². The summed E-state index contributed by atoms with van der Waals surface area (Å²) >= 11 is 0. The molecule has 0 spiro atoms. The van der Waals surface area contributed by atoms with Gasteiger partial charge in [0.25, 0.3) is 0 Å². The van der Waals surface area contributed by atoms with Crippen molar-refractivity contribution in [2.45, 2.75) is 37.6 Å². The van der Waals surface area contributed by atoms with E-state index in [0.717, 1.165) is 43.3 Å². The molecule has 5 nitrogen and oxygen atoms in total. The van der Waals surface area contributed by atoms with Gasteiger partial charge in [0, 0.05) is 55.1 Å². The van der Waals surface area contributed by atoms with Gasteiger partial charge >= 0.3 is 0 Å². The molecule has 2 fully saturated rings. The largest absolute Gasteiger partial charge is 0.355 e. The third-order valence-electron chi connectivity index (χ3n) is 4.80. The Hall–Kier alpha value is -2.01. The van der Waals surface area contributed by atoms with Gasteiger partial charge in [-0.05, 0) is 31.4 Å². The normalized spacial score (nSPS) is 24.7. The van der Waals surface area contributed by atoms with Crippen LogP contribution in [0.4, 0.5) is 5.82 Å². The minimum absolute atomic E-state index is 0.350. The van der Waals surface area contributed by atoms with Gasteiger partial charge in [0.15, 0.2) is 0 Å². The van der Waals surface area contributed by atoms with Crippen LogP contribution in [0.3, 0.4) is 0 Å². The van der Waals surface area contributed by atoms with Crippen molar-refractivity contribution in [3.8, 4) is 0 Å². The number of nitrogens with zero attached hydrogens (tertiary/aromatic N) is 4. The fourth-order valence-electron chi connectivity index (χ4n) is 3.34. The molecule has 22 heavy (non-hydrogen) atoms. The van der Waals surface area contributed by atoms with Crippen molar-refractivity contribution in [1.29, 1.82) is 0 Å². The molecule has 2 N–H and O–H groups in total. The number of pyridine rings is 1. The second-order valence-electron chi connectivity index (χ2n) is 6.51. The molecule has 2 aromatic heterocycles. The van der Waals surface area contributed by atoms with Gasteiger partial charge in [0.2, 0.25) is 0 Å². The molecule has 0 radical (unpaired) electrons. The molecule has 1 saturated heterocycles. The minimum atomic E-state index is 0.350. The first-order chi connectivity index (χ1) is 10.7. The highest BCUT2D eigenvalue weighted by atomic mass is 15.2. The molecule has 0 amide bonds. The number of aromatic nitrogens is 3. The van der Waals surface area contributed by atoms with E-state index in [2.05, 4.69) is 32.0 Å². The summed E-state index contributed by atoms with van der Waals surface area (Å²) in [6.07, 6.45) is 5.89. The SMILES string of the molecule is Cc1nc(C2CC(N)C2)cc(N2CC(c3cccnc3)C2)n1. The predicted molar refractivity (Wildman–Crippen MR) is 85.9 cm³/mol. The summed E-state index contributed by atoms with van der Waals surface area (Å²) in [7, 11) is 0. The summed E-state index contributed by atoms with van der Waals surface area (Å²) in [5.41, 5.74) is 8.38. The van der Waals surface area contributed by atoms with Crippen molar-refractivity contribution in [3.05, 3.63) is 47.7 Å². The Labute approximate surface area is 130 Å². The monoisotopic (exact) mass is 295 g/mol. The lowest BCUT2D eigenvalue weighted by molar-refractivity contribution is 0.344. The maximum atomic E-state index is 5.90. The molecule has 1 saturated carbocycles. The first kappa shape index (κ1) is 13.6. The van der Waals surface area contributed by atoms with Crippen molar-refractivity contribution in [2.75, 3.05) is 18.0 Å². The Bertz CT molecular complexity index is 660. The summed E-state index contributed by atoms with van der Waals surface area (Å²) < 4.78 is 0. The fourth-order valence-corrected chi connectivity index (χ4v) is 3.34. The summed E-state index contributed by atoms with van der Waals surface area (Å²) in [5, 5.41) is 0. The highest BCUT2D eigenvalue weighted by Crippen LogP contribution is 2.37. The fraction of sp³-hybridized carbons (Fsp3) is 0.471. The van der Waals surface area contributed by atoms with Crippen molar-refractivity contribution in [2.24, 2.45) is 5.73 Å². The molecule has 3 heterocycles. The van der Waals surface area contributed by atoms with E-state index in [1.54, 1.807) is 0 Å². The van der Waals surface area contributed by atoms with Crippen molar-refractivity contribution in [1.82, 2.24) is 15.0 Å². The molecule has 4 rings (SSSR count). The van der Waals surface area contributed by atoms with Crippen LogP contribution in [0.5, 0.6) is 0 Å². The minimum Gasteiger partial charge on any atom is -0.355 e. The van der Waals surface area contributed by atoms with E-state index >= 15 is 0 Å². The lowest BCUT2D eigenvalue weighted by atomic mass is 9.78. The van der Waals surface area contributed by atoms with Crippen molar-refractivity contribution < 1.29 is 0 Å². The number of anilines is 1. The first-order valence-electron chi connectivity index (χ1n) is 7.95. The van der Waals surface area contributed by atoms with E-state index in [9.17, 15) is 0 Å². The highest BCUT2D eigenvalue weighted by molar-refractivity contribution is 5.46. The van der Waals surface area contributed by atoms with Gasteiger partial charge in [0.1, 0.15) is 11.6 Å². The molecule has 5 heteroatoms. The molecular weight excluding hydrogens is 274 g/mol. The molecule has 1 aliphatic heterocycles. The Balaban J connectivity index is 1.48. The molecule has 1 aliphatic carbocycles. The van der Waals surface area contributed by atoms with Crippen LogP contribution in [0.1, 0.15) is 41.8 Å². The zero-order chi connectivity index (χ0) is 15.1. The van der Waals surface area contributed by atoms with E-state index in [4.69, 9.17) is 5.73 Å². The van der Waals surface area contributed by atoms with Gasteiger partial charge in [-0.3, -0.25) is 4.98 Å². The summed E-state index contributed by atoms with van der Waals surface area (Å²) in [6.45, 7) is 3.99. The van der Waals surface area contributed by atoms with Crippen molar-refractivity contribution in [3.63, 3.8) is 0 Å². The predicted octanol–water partition coefficient (Wildman–Crippen LogP) is 1.99. The van der Waals surface area contributed by atoms with E-state index in [0.29, 0.717) is 17.9 Å². The standard InChI is InChI=1S/C17H21N5/c1-11-20-16(13-5-15(18)6-13)7-17(21-11)22-9-14(10-22)12-3-2-4-19-8-12/h2-4,7-8,13-15H,5-6,9-10,18H2,1H3. The van der Waals surface area contributed by atoms with Gasteiger partial charge in [-0.25, -0.2) is 9.97 Å². The molecule has 2 aliphatic rings. The Morgan fingerprint density at radius 3 is 2.68 bits per heavy atom. The lowest BCUT2D eigenvalue weighted by Gasteiger charge is -2.41. The Morgan fingerprint density at radius 2 is 2.00 bits per heavy atom. The maximum absolute atomic E-state index is 5.90. The van der Waals surface area contributed by atoms with Gasteiger partial charge in [0.05, 0.1) is 0 Å². The topological polar surface area (TPSA) is 67.9 Å². The van der Waals surface area contributed by atoms with Gasteiger partial charge in [-0.15, -0.1) is 0 Å².